The summed E-state index contributed by atoms with van der Waals surface area (Å²) in [6.45, 7) is 4.97. The van der Waals surface area contributed by atoms with Crippen LogP contribution in [0.4, 0.5) is 4.79 Å². The third-order valence-electron chi connectivity index (χ3n) is 3.83. The predicted octanol–water partition coefficient (Wildman–Crippen LogP) is 0.605. The minimum absolute atomic E-state index is 0.0402. The van der Waals surface area contributed by atoms with E-state index in [0.29, 0.717) is 19.0 Å². The van der Waals surface area contributed by atoms with Gasteiger partial charge in [-0.05, 0) is 25.9 Å². The van der Waals surface area contributed by atoms with Gasteiger partial charge in [0.25, 0.3) is 0 Å². The van der Waals surface area contributed by atoms with E-state index in [0.717, 1.165) is 0 Å². The van der Waals surface area contributed by atoms with Gasteiger partial charge in [-0.3, -0.25) is 14.9 Å². The summed E-state index contributed by atoms with van der Waals surface area (Å²) in [6.07, 6.45) is -0.0381. The molecule has 21 heavy (non-hydrogen) atoms. The third kappa shape index (κ3) is 5.34. The zero-order valence-electron chi connectivity index (χ0n) is 13.1. The Balaban J connectivity index is 2.43. The van der Waals surface area contributed by atoms with E-state index in [4.69, 9.17) is 5.11 Å². The van der Waals surface area contributed by atoms with Crippen molar-refractivity contribution in [1.82, 2.24) is 15.1 Å². The van der Waals surface area contributed by atoms with Crippen molar-refractivity contribution in [1.29, 1.82) is 0 Å². The van der Waals surface area contributed by atoms with E-state index >= 15 is 0 Å². The van der Waals surface area contributed by atoms with E-state index < -0.39 is 17.9 Å². The molecule has 0 saturated carbocycles. The number of carbonyl (C=O) groups excluding carboxylic acids is 2. The molecule has 120 valence electrons. The molecule has 0 aromatic rings. The number of hydrogen-bond acceptors (Lipinski definition) is 4. The van der Waals surface area contributed by atoms with Gasteiger partial charge in [-0.25, -0.2) is 4.79 Å². The highest BCUT2D eigenvalue weighted by atomic mass is 16.4. The number of amides is 3. The molecule has 1 aliphatic heterocycles. The summed E-state index contributed by atoms with van der Waals surface area (Å²) in [5.74, 6) is -1.30. The molecule has 0 radical (unpaired) electrons. The number of rotatable bonds is 5. The smallest absolute Gasteiger partial charge is 0.324 e. The van der Waals surface area contributed by atoms with Crippen molar-refractivity contribution in [3.05, 3.63) is 0 Å². The van der Waals surface area contributed by atoms with Crippen LogP contribution in [0.3, 0.4) is 0 Å². The lowest BCUT2D eigenvalue weighted by atomic mass is 10.0. The molecule has 1 fully saturated rings. The summed E-state index contributed by atoms with van der Waals surface area (Å²) in [6, 6.07) is -0.101. The average molecular weight is 299 g/mol. The molecule has 0 aromatic heterocycles. The van der Waals surface area contributed by atoms with Gasteiger partial charge in [-0.2, -0.15) is 0 Å². The molecule has 3 amide bonds. The zero-order chi connectivity index (χ0) is 16.2. The first-order valence-electron chi connectivity index (χ1n) is 7.17. The van der Waals surface area contributed by atoms with E-state index in [1.54, 1.807) is 11.8 Å². The van der Waals surface area contributed by atoms with Gasteiger partial charge >= 0.3 is 12.0 Å². The summed E-state index contributed by atoms with van der Waals surface area (Å²) in [5, 5.41) is 11.0. The van der Waals surface area contributed by atoms with Crippen LogP contribution in [0.2, 0.25) is 0 Å². The Bertz CT molecular complexity index is 411. The Morgan fingerprint density at radius 1 is 1.29 bits per heavy atom. The predicted molar refractivity (Wildman–Crippen MR) is 77.8 cm³/mol. The van der Waals surface area contributed by atoms with Gasteiger partial charge in [0.05, 0.1) is 0 Å². The summed E-state index contributed by atoms with van der Waals surface area (Å²) in [4.78, 5) is 38.0. The van der Waals surface area contributed by atoms with E-state index in [1.165, 1.54) is 0 Å². The van der Waals surface area contributed by atoms with Crippen LogP contribution >= 0.6 is 0 Å². The van der Waals surface area contributed by atoms with Gasteiger partial charge in [0, 0.05) is 32.0 Å². The standard InChI is InChI=1S/C14H25N3O4/c1-9(6-13(19)20)5-12(18)15-14(21)17-7-10(2)11(8-17)16(3)4/h9-11H,5-8H2,1-4H3,(H,19,20)(H,15,18,21). The monoisotopic (exact) mass is 299 g/mol. The molecule has 0 bridgehead atoms. The molecule has 0 spiro atoms. The van der Waals surface area contributed by atoms with Crippen LogP contribution < -0.4 is 5.32 Å². The number of nitrogens with one attached hydrogen (secondary N) is 1. The van der Waals surface area contributed by atoms with Crippen molar-refractivity contribution in [2.24, 2.45) is 11.8 Å². The lowest BCUT2D eigenvalue weighted by Crippen LogP contribution is -2.43. The van der Waals surface area contributed by atoms with Crippen molar-refractivity contribution in [2.45, 2.75) is 32.7 Å². The maximum Gasteiger partial charge on any atom is 0.324 e. The first-order chi connectivity index (χ1) is 9.70. The average Bonchev–Trinajstić information content (AvgIpc) is 2.69. The summed E-state index contributed by atoms with van der Waals surface area (Å²) in [5.41, 5.74) is 0. The van der Waals surface area contributed by atoms with Gasteiger partial charge in [0.15, 0.2) is 0 Å². The van der Waals surface area contributed by atoms with Gasteiger partial charge < -0.3 is 14.9 Å². The molecule has 0 aromatic carbocycles. The number of hydrogen-bond donors (Lipinski definition) is 2. The SMILES string of the molecule is CC(CC(=O)O)CC(=O)NC(=O)N1CC(C)C(N(C)C)C1. The molecule has 3 unspecified atom stereocenters. The molecule has 7 nitrogen and oxygen atoms in total. The molecule has 1 rings (SSSR count). The Labute approximate surface area is 125 Å². The molecular formula is C14H25N3O4. The van der Waals surface area contributed by atoms with Gasteiger partial charge in [-0.1, -0.05) is 13.8 Å². The first-order valence-corrected chi connectivity index (χ1v) is 7.17. The zero-order valence-corrected chi connectivity index (χ0v) is 13.1. The largest absolute Gasteiger partial charge is 0.481 e. The molecule has 2 N–H and O–H groups in total. The molecule has 0 aliphatic carbocycles. The maximum atomic E-state index is 12.0. The van der Waals surface area contributed by atoms with Crippen LogP contribution in [-0.2, 0) is 9.59 Å². The van der Waals surface area contributed by atoms with Gasteiger partial charge in [0.2, 0.25) is 5.91 Å². The minimum Gasteiger partial charge on any atom is -0.481 e. The van der Waals surface area contributed by atoms with Crippen LogP contribution in [0.15, 0.2) is 0 Å². The summed E-state index contributed by atoms with van der Waals surface area (Å²) in [7, 11) is 3.95. The number of likely N-dealkylation sites (N-methyl/N-ethyl adjacent to an activating group) is 1. The van der Waals surface area contributed by atoms with E-state index in [9.17, 15) is 14.4 Å². The summed E-state index contributed by atoms with van der Waals surface area (Å²) < 4.78 is 0. The second kappa shape index (κ2) is 7.40. The Morgan fingerprint density at radius 3 is 2.38 bits per heavy atom. The topological polar surface area (TPSA) is 89.9 Å². The van der Waals surface area contributed by atoms with Crippen molar-refractivity contribution in [2.75, 3.05) is 27.2 Å². The van der Waals surface area contributed by atoms with Crippen molar-refractivity contribution in [3.63, 3.8) is 0 Å². The highest BCUT2D eigenvalue weighted by molar-refractivity contribution is 5.94. The van der Waals surface area contributed by atoms with E-state index in [1.807, 2.05) is 14.1 Å². The molecular weight excluding hydrogens is 274 g/mol. The molecule has 3 atom stereocenters. The van der Waals surface area contributed by atoms with Crippen molar-refractivity contribution >= 4 is 17.9 Å². The Hall–Kier alpha value is -1.63. The molecule has 1 saturated heterocycles. The van der Waals surface area contributed by atoms with E-state index in [-0.39, 0.29) is 24.8 Å². The fourth-order valence-electron chi connectivity index (χ4n) is 2.72. The quantitative estimate of drug-likeness (QED) is 0.776. The van der Waals surface area contributed by atoms with Crippen LogP contribution in [0.25, 0.3) is 0 Å². The third-order valence-corrected chi connectivity index (χ3v) is 3.83. The highest BCUT2D eigenvalue weighted by Crippen LogP contribution is 2.19. The minimum atomic E-state index is -0.941. The van der Waals surface area contributed by atoms with Crippen LogP contribution in [0.5, 0.6) is 0 Å². The highest BCUT2D eigenvalue weighted by Gasteiger charge is 2.34. The number of nitrogens with zero attached hydrogens (tertiary/aromatic N) is 2. The molecule has 7 heteroatoms. The Kier molecular flexibility index (Phi) is 6.14. The second-order valence-corrected chi connectivity index (χ2v) is 6.17. The summed E-state index contributed by atoms with van der Waals surface area (Å²) >= 11 is 0. The lowest BCUT2D eigenvalue weighted by Gasteiger charge is -2.22. The number of carboxylic acid groups (broad SMARTS) is 1. The van der Waals surface area contributed by atoms with Crippen molar-refractivity contribution < 1.29 is 19.5 Å². The van der Waals surface area contributed by atoms with Crippen LogP contribution in [-0.4, -0.2) is 66.0 Å². The fourth-order valence-corrected chi connectivity index (χ4v) is 2.72. The number of aliphatic carboxylic acids is 1. The molecule has 1 heterocycles. The number of urea groups is 1. The van der Waals surface area contributed by atoms with Crippen LogP contribution in [0, 0.1) is 11.8 Å². The molecule has 1 aliphatic rings. The Morgan fingerprint density at radius 2 is 1.90 bits per heavy atom. The number of carbonyl (C=O) groups is 3. The fraction of sp³-hybridized carbons (Fsp3) is 0.786. The number of carboxylic acids is 1. The van der Waals surface area contributed by atoms with Crippen molar-refractivity contribution in [3.8, 4) is 0 Å². The number of imide groups is 1. The van der Waals surface area contributed by atoms with E-state index in [2.05, 4.69) is 17.1 Å². The van der Waals surface area contributed by atoms with Crippen LogP contribution in [0.1, 0.15) is 26.7 Å². The first kappa shape index (κ1) is 17.4. The lowest BCUT2D eigenvalue weighted by molar-refractivity contribution is -0.138. The van der Waals surface area contributed by atoms with Gasteiger partial charge in [-0.15, -0.1) is 0 Å². The number of likely N-dealkylation sites (tertiary alicyclic amines) is 1. The normalized spacial score (nSPS) is 23.2. The van der Waals surface area contributed by atoms with Gasteiger partial charge in [0.1, 0.15) is 0 Å². The maximum absolute atomic E-state index is 12.0. The second-order valence-electron chi connectivity index (χ2n) is 6.17.